The van der Waals surface area contributed by atoms with Gasteiger partial charge < -0.3 is 15.6 Å². The molecule has 112 valence electrons. The number of rotatable bonds is 4. The van der Waals surface area contributed by atoms with Crippen LogP contribution in [0.15, 0.2) is 45.7 Å². The van der Waals surface area contributed by atoms with E-state index in [9.17, 15) is 0 Å². The fourth-order valence-electron chi connectivity index (χ4n) is 2.14. The third kappa shape index (κ3) is 3.15. The van der Waals surface area contributed by atoms with Crippen LogP contribution in [0.3, 0.4) is 0 Å². The van der Waals surface area contributed by atoms with Crippen molar-refractivity contribution in [3.8, 4) is 11.3 Å². The maximum absolute atomic E-state index is 5.41. The lowest BCUT2D eigenvalue weighted by Gasteiger charge is -2.08. The van der Waals surface area contributed by atoms with Gasteiger partial charge in [-0.2, -0.15) is 0 Å². The summed E-state index contributed by atoms with van der Waals surface area (Å²) in [4.78, 5) is 4.31. The predicted octanol–water partition coefficient (Wildman–Crippen LogP) is 3.61. The average Bonchev–Trinajstić information content (AvgIpc) is 3.17. The Labute approximate surface area is 137 Å². The number of hydrogen-bond donors (Lipinski definition) is 2. The second-order valence-electron chi connectivity index (χ2n) is 4.82. The topological polar surface area (TPSA) is 77.0 Å². The molecule has 3 aromatic rings. The minimum Gasteiger partial charge on any atom is -0.376 e. The number of nitrogens with zero attached hydrogens (tertiary/aromatic N) is 2. The smallest absolute Gasteiger partial charge is 0.231 e. The first-order valence-electron chi connectivity index (χ1n) is 6.65. The van der Waals surface area contributed by atoms with Crippen LogP contribution in [0.5, 0.6) is 0 Å². The van der Waals surface area contributed by atoms with Crippen LogP contribution in [0.25, 0.3) is 11.3 Å². The van der Waals surface area contributed by atoms with Crippen molar-refractivity contribution >= 4 is 34.6 Å². The Kier molecular flexibility index (Phi) is 4.17. The third-order valence-corrected chi connectivity index (χ3v) is 4.05. The molecule has 3 rings (SSSR count). The number of nitrogens with one attached hydrogen (secondary N) is 1. The molecule has 22 heavy (non-hydrogen) atoms. The first kappa shape index (κ1) is 14.7. The van der Waals surface area contributed by atoms with Gasteiger partial charge in [-0.25, -0.2) is 4.98 Å². The number of benzene rings is 1. The maximum atomic E-state index is 5.41. The highest BCUT2D eigenvalue weighted by Gasteiger charge is 2.14. The van der Waals surface area contributed by atoms with Gasteiger partial charge in [-0.15, -0.1) is 11.3 Å². The van der Waals surface area contributed by atoms with Crippen molar-refractivity contribution < 1.29 is 4.52 Å². The summed E-state index contributed by atoms with van der Waals surface area (Å²) < 4.78 is 5.16. The van der Waals surface area contributed by atoms with Gasteiger partial charge in [-0.05, 0) is 17.8 Å². The Balaban J connectivity index is 1.78. The molecule has 0 amide bonds. The predicted molar refractivity (Wildman–Crippen MR) is 92.0 cm³/mol. The van der Waals surface area contributed by atoms with E-state index < -0.39 is 0 Å². The second-order valence-corrected chi connectivity index (χ2v) is 5.98. The summed E-state index contributed by atoms with van der Waals surface area (Å²) >= 11 is 6.36. The molecule has 7 heteroatoms. The van der Waals surface area contributed by atoms with Gasteiger partial charge in [0, 0.05) is 22.9 Å². The number of aromatic nitrogens is 2. The van der Waals surface area contributed by atoms with Gasteiger partial charge in [0.05, 0.1) is 16.9 Å². The van der Waals surface area contributed by atoms with E-state index in [4.69, 9.17) is 22.5 Å². The lowest BCUT2D eigenvalue weighted by molar-refractivity contribution is 0.424. The zero-order valence-corrected chi connectivity index (χ0v) is 13.4. The molecule has 3 N–H and O–H groups in total. The van der Waals surface area contributed by atoms with Gasteiger partial charge in [0.1, 0.15) is 0 Å². The highest BCUT2D eigenvalue weighted by atomic mass is 32.1. The van der Waals surface area contributed by atoms with Crippen LogP contribution in [-0.4, -0.2) is 15.3 Å². The maximum Gasteiger partial charge on any atom is 0.231 e. The van der Waals surface area contributed by atoms with Crippen LogP contribution in [0.2, 0.25) is 0 Å². The Morgan fingerprint density at radius 3 is 2.77 bits per heavy atom. The molecule has 2 aromatic heterocycles. The number of thiocarbonyl (C=S) groups is 1. The number of anilines is 1. The van der Waals surface area contributed by atoms with Crippen molar-refractivity contribution in [2.24, 2.45) is 5.73 Å². The molecule has 0 spiro atoms. The van der Waals surface area contributed by atoms with Crippen molar-refractivity contribution in [3.05, 3.63) is 52.5 Å². The van der Waals surface area contributed by atoms with Gasteiger partial charge in [0.2, 0.25) is 5.88 Å². The fraction of sp³-hybridized carbons (Fsp3) is 0.133. The normalized spacial score (nSPS) is 12.0. The largest absolute Gasteiger partial charge is 0.376 e. The Morgan fingerprint density at radius 2 is 2.14 bits per heavy atom. The number of thiazole rings is 1. The summed E-state index contributed by atoms with van der Waals surface area (Å²) in [7, 11) is 0. The number of hydrogen-bond acceptors (Lipinski definition) is 5. The first-order chi connectivity index (χ1) is 10.6. The van der Waals surface area contributed by atoms with Crippen LogP contribution >= 0.6 is 23.6 Å². The summed E-state index contributed by atoms with van der Waals surface area (Å²) in [6.07, 6.45) is 0. The fourth-order valence-corrected chi connectivity index (χ4v) is 2.80. The molecule has 0 radical (unpaired) electrons. The van der Waals surface area contributed by atoms with E-state index in [0.717, 1.165) is 22.5 Å². The van der Waals surface area contributed by atoms with E-state index in [1.807, 2.05) is 10.9 Å². The van der Waals surface area contributed by atoms with E-state index in [1.165, 1.54) is 0 Å². The Morgan fingerprint density at radius 1 is 1.36 bits per heavy atom. The van der Waals surface area contributed by atoms with E-state index in [2.05, 4.69) is 46.6 Å². The third-order valence-electron chi connectivity index (χ3n) is 3.36. The quantitative estimate of drug-likeness (QED) is 0.712. The molecule has 0 fully saturated rings. The molecule has 0 aliphatic rings. The van der Waals surface area contributed by atoms with Gasteiger partial charge in [-0.3, -0.25) is 0 Å². The van der Waals surface area contributed by atoms with E-state index >= 15 is 0 Å². The molecular formula is C15H14N4OS2. The van der Waals surface area contributed by atoms with Crippen LogP contribution in [0, 0.1) is 0 Å². The van der Waals surface area contributed by atoms with E-state index in [1.54, 1.807) is 17.4 Å². The van der Waals surface area contributed by atoms with Crippen molar-refractivity contribution in [1.82, 2.24) is 10.1 Å². The summed E-state index contributed by atoms with van der Waals surface area (Å²) in [5.41, 5.74) is 11.3. The number of nitrogens with two attached hydrogens (primary N) is 1. The van der Waals surface area contributed by atoms with Crippen molar-refractivity contribution in [3.63, 3.8) is 0 Å². The molecular weight excluding hydrogens is 316 g/mol. The Bertz CT molecular complexity index is 765. The molecule has 2 heterocycles. The van der Waals surface area contributed by atoms with Gasteiger partial charge in [0.25, 0.3) is 0 Å². The summed E-state index contributed by atoms with van der Waals surface area (Å²) in [5, 5.41) is 8.97. The van der Waals surface area contributed by atoms with Crippen LogP contribution in [0.1, 0.15) is 24.1 Å². The molecule has 1 atom stereocenters. The monoisotopic (exact) mass is 330 g/mol. The lowest BCUT2D eigenvalue weighted by atomic mass is 9.96. The molecule has 1 aromatic carbocycles. The highest BCUT2D eigenvalue weighted by molar-refractivity contribution is 7.80. The first-order valence-corrected chi connectivity index (χ1v) is 8.00. The molecule has 0 aliphatic heterocycles. The molecule has 1 unspecified atom stereocenters. The summed E-state index contributed by atoms with van der Waals surface area (Å²) in [5.74, 6) is 0.559. The van der Waals surface area contributed by atoms with Crippen LogP contribution < -0.4 is 11.1 Å². The zero-order valence-electron chi connectivity index (χ0n) is 11.8. The minimum atomic E-state index is 0.107. The van der Waals surface area contributed by atoms with Gasteiger partial charge in [0.15, 0.2) is 5.11 Å². The van der Waals surface area contributed by atoms with E-state index in [-0.39, 0.29) is 11.0 Å². The molecule has 0 saturated carbocycles. The van der Waals surface area contributed by atoms with Crippen molar-refractivity contribution in [2.45, 2.75) is 12.8 Å². The average molecular weight is 330 g/mol. The zero-order chi connectivity index (χ0) is 15.5. The molecule has 0 saturated heterocycles. The van der Waals surface area contributed by atoms with Crippen molar-refractivity contribution in [2.75, 3.05) is 5.32 Å². The van der Waals surface area contributed by atoms with Crippen LogP contribution in [0.4, 0.5) is 5.88 Å². The van der Waals surface area contributed by atoms with Gasteiger partial charge in [-0.1, -0.05) is 36.3 Å². The van der Waals surface area contributed by atoms with Gasteiger partial charge >= 0.3 is 0 Å². The highest BCUT2D eigenvalue weighted by Crippen LogP contribution is 2.27. The summed E-state index contributed by atoms with van der Waals surface area (Å²) in [6, 6.07) is 10.1. The lowest BCUT2D eigenvalue weighted by Crippen LogP contribution is -2.18. The molecule has 5 nitrogen and oxygen atoms in total. The second kappa shape index (κ2) is 6.25. The molecule has 0 aliphatic carbocycles. The van der Waals surface area contributed by atoms with E-state index in [0.29, 0.717) is 5.88 Å². The molecule has 0 bridgehead atoms. The summed E-state index contributed by atoms with van der Waals surface area (Å²) in [6.45, 7) is 2.07. The standard InChI is InChI=1S/C15H14N4OS2/c1-9(12-6-14(20-19-12)18-15(16)21)10-2-4-11(5-3-10)13-7-22-8-17-13/h2-9H,1H3,(H3,16,18,21). The van der Waals surface area contributed by atoms with Crippen molar-refractivity contribution in [1.29, 1.82) is 0 Å². The minimum absolute atomic E-state index is 0.107. The SMILES string of the molecule is CC(c1ccc(-c2cscn2)cc1)c1cc(NC(N)=S)on1. The van der Waals surface area contributed by atoms with Crippen LogP contribution in [-0.2, 0) is 0 Å². The Hall–Kier alpha value is -2.25.